The number of thiophene rings is 1. The van der Waals surface area contributed by atoms with Crippen molar-refractivity contribution in [2.24, 2.45) is 0 Å². The van der Waals surface area contributed by atoms with Crippen LogP contribution in [0, 0.1) is 0 Å². The van der Waals surface area contributed by atoms with Crippen LogP contribution in [-0.4, -0.2) is 26.0 Å². The lowest BCUT2D eigenvalue weighted by molar-refractivity contribution is 0.0822. The number of hydrogen-bond acceptors (Lipinski definition) is 4. The van der Waals surface area contributed by atoms with Crippen molar-refractivity contribution >= 4 is 34.4 Å². The van der Waals surface area contributed by atoms with Gasteiger partial charge in [0, 0.05) is 25.8 Å². The second-order valence-electron chi connectivity index (χ2n) is 4.62. The van der Waals surface area contributed by atoms with E-state index in [2.05, 4.69) is 0 Å². The van der Waals surface area contributed by atoms with Gasteiger partial charge in [0.25, 0.3) is 0 Å². The molecule has 0 aliphatic carbocycles. The van der Waals surface area contributed by atoms with Crippen LogP contribution in [0.3, 0.4) is 0 Å². The first-order valence-corrected chi connectivity index (χ1v) is 7.40. The molecule has 0 saturated carbocycles. The summed E-state index contributed by atoms with van der Waals surface area (Å²) in [5.74, 6) is 0.622. The zero-order chi connectivity index (χ0) is 14.7. The highest BCUT2D eigenvalue weighted by molar-refractivity contribution is 7.18. The molecule has 1 atom stereocenters. The molecule has 0 aliphatic heterocycles. The van der Waals surface area contributed by atoms with Crippen molar-refractivity contribution in [3.63, 3.8) is 0 Å². The maximum absolute atomic E-state index is 12.2. The third-order valence-electron chi connectivity index (χ3n) is 2.83. The van der Waals surface area contributed by atoms with E-state index in [1.807, 2.05) is 43.3 Å². The summed E-state index contributed by atoms with van der Waals surface area (Å²) in [6, 6.07) is 11.1. The first-order valence-electron chi connectivity index (χ1n) is 6.21. The SMILES string of the molecule is CC(Oc1cccc(N(C)C)c1)C(=O)c1ccc(Cl)s1. The lowest BCUT2D eigenvalue weighted by Gasteiger charge is -2.16. The molecular formula is C15H16ClNO2S. The summed E-state index contributed by atoms with van der Waals surface area (Å²) >= 11 is 7.12. The van der Waals surface area contributed by atoms with Gasteiger partial charge in [-0.2, -0.15) is 0 Å². The molecular weight excluding hydrogens is 294 g/mol. The molecule has 0 fully saturated rings. The Morgan fingerprint density at radius 2 is 2.05 bits per heavy atom. The van der Waals surface area contributed by atoms with E-state index >= 15 is 0 Å². The normalized spacial score (nSPS) is 12.0. The monoisotopic (exact) mass is 309 g/mol. The fourth-order valence-corrected chi connectivity index (χ4v) is 2.80. The van der Waals surface area contributed by atoms with Crippen molar-refractivity contribution in [2.45, 2.75) is 13.0 Å². The highest BCUT2D eigenvalue weighted by atomic mass is 35.5. The lowest BCUT2D eigenvalue weighted by atomic mass is 10.2. The van der Waals surface area contributed by atoms with Crippen LogP contribution in [0.5, 0.6) is 5.75 Å². The fourth-order valence-electron chi connectivity index (χ4n) is 1.74. The first-order chi connectivity index (χ1) is 9.47. The van der Waals surface area contributed by atoms with Gasteiger partial charge in [0.2, 0.25) is 5.78 Å². The van der Waals surface area contributed by atoms with Crippen LogP contribution < -0.4 is 9.64 Å². The standard InChI is InChI=1S/C15H16ClNO2S/c1-10(15(18)13-7-8-14(16)20-13)19-12-6-4-5-11(9-12)17(2)3/h4-10H,1-3H3. The minimum absolute atomic E-state index is 0.0582. The van der Waals surface area contributed by atoms with Crippen LogP contribution in [0.4, 0.5) is 5.69 Å². The molecule has 3 nitrogen and oxygen atoms in total. The summed E-state index contributed by atoms with van der Waals surface area (Å²) in [5.41, 5.74) is 1.03. The molecule has 0 radical (unpaired) electrons. The second-order valence-corrected chi connectivity index (χ2v) is 6.33. The van der Waals surface area contributed by atoms with Crippen LogP contribution in [0.15, 0.2) is 36.4 Å². The quantitative estimate of drug-likeness (QED) is 0.778. The molecule has 106 valence electrons. The zero-order valence-corrected chi connectivity index (χ0v) is 13.2. The smallest absolute Gasteiger partial charge is 0.212 e. The van der Waals surface area contributed by atoms with E-state index in [1.165, 1.54) is 11.3 Å². The largest absolute Gasteiger partial charge is 0.482 e. The van der Waals surface area contributed by atoms with E-state index < -0.39 is 6.10 Å². The van der Waals surface area contributed by atoms with E-state index in [0.717, 1.165) is 5.69 Å². The van der Waals surface area contributed by atoms with E-state index in [4.69, 9.17) is 16.3 Å². The molecule has 0 spiro atoms. The van der Waals surface area contributed by atoms with Crippen molar-refractivity contribution in [1.29, 1.82) is 0 Å². The number of halogens is 1. The van der Waals surface area contributed by atoms with E-state index in [9.17, 15) is 4.79 Å². The summed E-state index contributed by atoms with van der Waals surface area (Å²) in [4.78, 5) is 14.8. The Bertz CT molecular complexity index is 609. The number of anilines is 1. The van der Waals surface area contributed by atoms with Crippen molar-refractivity contribution in [2.75, 3.05) is 19.0 Å². The Labute approximate surface area is 127 Å². The fraction of sp³-hybridized carbons (Fsp3) is 0.267. The third kappa shape index (κ3) is 3.52. The molecule has 5 heteroatoms. The van der Waals surface area contributed by atoms with E-state index in [1.54, 1.807) is 19.1 Å². The second kappa shape index (κ2) is 6.29. The minimum atomic E-state index is -0.540. The molecule has 0 amide bonds. The Balaban J connectivity index is 2.09. The number of Topliss-reactive ketones (excluding diaryl/α,β-unsaturated/α-hetero) is 1. The Hall–Kier alpha value is -1.52. The van der Waals surface area contributed by atoms with Gasteiger partial charge in [0.15, 0.2) is 6.10 Å². The van der Waals surface area contributed by atoms with Gasteiger partial charge < -0.3 is 9.64 Å². The molecule has 2 rings (SSSR count). The molecule has 1 aromatic carbocycles. The number of nitrogens with zero attached hydrogens (tertiary/aromatic N) is 1. The molecule has 1 unspecified atom stereocenters. The summed E-state index contributed by atoms with van der Waals surface area (Å²) < 4.78 is 6.32. The number of benzene rings is 1. The van der Waals surface area contributed by atoms with Gasteiger partial charge in [-0.1, -0.05) is 17.7 Å². The Morgan fingerprint density at radius 1 is 1.30 bits per heavy atom. The average Bonchev–Trinajstić information content (AvgIpc) is 2.84. The van der Waals surface area contributed by atoms with Gasteiger partial charge in [-0.15, -0.1) is 11.3 Å². The molecule has 0 bridgehead atoms. The minimum Gasteiger partial charge on any atom is -0.482 e. The van der Waals surface area contributed by atoms with E-state index in [-0.39, 0.29) is 5.78 Å². The van der Waals surface area contributed by atoms with Gasteiger partial charge in [0.05, 0.1) is 9.21 Å². The average molecular weight is 310 g/mol. The van der Waals surface area contributed by atoms with Crippen LogP contribution in [-0.2, 0) is 0 Å². The highest BCUT2D eigenvalue weighted by Gasteiger charge is 2.18. The first kappa shape index (κ1) is 14.9. The predicted octanol–water partition coefficient (Wildman–Crippen LogP) is 4.12. The van der Waals surface area contributed by atoms with Crippen LogP contribution in [0.2, 0.25) is 4.34 Å². The predicted molar refractivity (Wildman–Crippen MR) is 84.5 cm³/mol. The number of ketones is 1. The molecule has 1 aromatic heterocycles. The molecule has 0 N–H and O–H groups in total. The van der Waals surface area contributed by atoms with Crippen LogP contribution >= 0.6 is 22.9 Å². The lowest BCUT2D eigenvalue weighted by Crippen LogP contribution is -2.23. The van der Waals surface area contributed by atoms with Crippen molar-refractivity contribution in [3.05, 3.63) is 45.6 Å². The molecule has 1 heterocycles. The highest BCUT2D eigenvalue weighted by Crippen LogP contribution is 2.25. The molecule has 20 heavy (non-hydrogen) atoms. The van der Waals surface area contributed by atoms with Crippen LogP contribution in [0.25, 0.3) is 0 Å². The summed E-state index contributed by atoms with van der Waals surface area (Å²) in [5, 5.41) is 0. The molecule has 2 aromatic rings. The van der Waals surface area contributed by atoms with Crippen molar-refractivity contribution < 1.29 is 9.53 Å². The van der Waals surface area contributed by atoms with Gasteiger partial charge in [-0.25, -0.2) is 0 Å². The maximum Gasteiger partial charge on any atom is 0.212 e. The number of rotatable bonds is 5. The van der Waals surface area contributed by atoms with Crippen LogP contribution in [0.1, 0.15) is 16.6 Å². The Kier molecular flexibility index (Phi) is 4.68. The third-order valence-corrected chi connectivity index (χ3v) is 4.08. The van der Waals surface area contributed by atoms with Gasteiger partial charge in [-0.3, -0.25) is 4.79 Å². The topological polar surface area (TPSA) is 29.5 Å². The van der Waals surface area contributed by atoms with Crippen molar-refractivity contribution in [3.8, 4) is 5.75 Å². The summed E-state index contributed by atoms with van der Waals surface area (Å²) in [6.45, 7) is 1.75. The zero-order valence-electron chi connectivity index (χ0n) is 11.6. The molecule has 0 aliphatic rings. The number of carbonyl (C=O) groups excluding carboxylic acids is 1. The van der Waals surface area contributed by atoms with Gasteiger partial charge in [-0.05, 0) is 31.2 Å². The van der Waals surface area contributed by atoms with Gasteiger partial charge in [0.1, 0.15) is 5.75 Å². The summed E-state index contributed by atoms with van der Waals surface area (Å²) in [6.07, 6.45) is -0.540. The van der Waals surface area contributed by atoms with Gasteiger partial charge >= 0.3 is 0 Å². The summed E-state index contributed by atoms with van der Waals surface area (Å²) in [7, 11) is 3.92. The maximum atomic E-state index is 12.2. The number of ether oxygens (including phenoxy) is 1. The molecule has 0 saturated heterocycles. The van der Waals surface area contributed by atoms with E-state index in [0.29, 0.717) is 15.0 Å². The van der Waals surface area contributed by atoms with Crippen molar-refractivity contribution in [1.82, 2.24) is 0 Å². The number of carbonyl (C=O) groups is 1. The number of hydrogen-bond donors (Lipinski definition) is 0. The Morgan fingerprint density at radius 3 is 2.65 bits per heavy atom.